The van der Waals surface area contributed by atoms with Crippen LogP contribution in [0.2, 0.25) is 0 Å². The average molecular weight is 269 g/mol. The van der Waals surface area contributed by atoms with Gasteiger partial charge in [0.05, 0.1) is 6.29 Å². The fraction of sp³-hybridized carbons (Fsp3) is 0. The van der Waals surface area contributed by atoms with Gasteiger partial charge in [-0.25, -0.2) is 5.56 Å². The third-order valence-corrected chi connectivity index (χ3v) is 1.94. The topological polar surface area (TPSA) is 17.1 Å². The van der Waals surface area contributed by atoms with Crippen molar-refractivity contribution in [3.8, 4) is 11.1 Å². The first-order valence-electron chi connectivity index (χ1n) is 4.35. The molecule has 0 saturated carbocycles. The first kappa shape index (κ1) is 12.3. The Morgan fingerprint density at radius 3 is 2.47 bits per heavy atom. The van der Waals surface area contributed by atoms with Gasteiger partial charge in [-0.05, 0) is 0 Å². The van der Waals surface area contributed by atoms with E-state index in [1.807, 2.05) is 36.4 Å². The quantitative estimate of drug-likeness (QED) is 0.605. The molecular formula is C13H8OY-2. The van der Waals surface area contributed by atoms with E-state index in [9.17, 15) is 4.79 Å². The maximum absolute atomic E-state index is 10.5. The molecule has 0 atom stereocenters. The molecule has 2 rings (SSSR count). The van der Waals surface area contributed by atoms with Gasteiger partial charge in [-0.15, -0.1) is 18.2 Å². The van der Waals surface area contributed by atoms with E-state index < -0.39 is 0 Å². The Morgan fingerprint density at radius 1 is 1.00 bits per heavy atom. The van der Waals surface area contributed by atoms with E-state index >= 15 is 0 Å². The number of hydrogen-bond donors (Lipinski definition) is 0. The molecule has 0 unspecified atom stereocenters. The normalized spacial score (nSPS) is 9.07. The van der Waals surface area contributed by atoms with Crippen LogP contribution in [0.25, 0.3) is 11.1 Å². The average Bonchev–Trinajstić information content (AvgIpc) is 2.30. The summed E-state index contributed by atoms with van der Waals surface area (Å²) in [5, 5.41) is 0. The molecule has 0 bridgehead atoms. The second kappa shape index (κ2) is 5.94. The molecule has 2 heteroatoms. The summed E-state index contributed by atoms with van der Waals surface area (Å²) in [6.45, 7) is 0. The Bertz CT molecular complexity index is 437. The Labute approximate surface area is 114 Å². The molecule has 1 radical (unpaired) electrons. The van der Waals surface area contributed by atoms with Crippen molar-refractivity contribution in [2.24, 2.45) is 0 Å². The molecule has 1 nitrogen and oxygen atoms in total. The van der Waals surface area contributed by atoms with Gasteiger partial charge in [0.2, 0.25) is 0 Å². The third-order valence-electron chi connectivity index (χ3n) is 1.94. The smallest absolute Gasteiger partial charge is 0.0819 e. The van der Waals surface area contributed by atoms with Crippen LogP contribution in [0.4, 0.5) is 0 Å². The van der Waals surface area contributed by atoms with Gasteiger partial charge in [-0.3, -0.25) is 0 Å². The zero-order valence-corrected chi connectivity index (χ0v) is 10.9. The second-order valence-electron chi connectivity index (χ2n) is 2.91. The first-order valence-corrected chi connectivity index (χ1v) is 4.35. The van der Waals surface area contributed by atoms with Crippen LogP contribution >= 0.6 is 0 Å². The standard InChI is InChI=1S/C13H8O.Y/c14-10-11-5-4-8-13(9-11)12-6-2-1-3-7-12;/h1-6,8,10H;/q-2;. The number of benzene rings is 2. The van der Waals surface area contributed by atoms with E-state index in [-0.39, 0.29) is 32.7 Å². The number of carbonyl (C=O) groups excluding carboxylic acids is 1. The van der Waals surface area contributed by atoms with E-state index in [4.69, 9.17) is 0 Å². The van der Waals surface area contributed by atoms with Gasteiger partial charge in [-0.2, -0.15) is 42.0 Å². The van der Waals surface area contributed by atoms with Crippen LogP contribution in [0.5, 0.6) is 0 Å². The van der Waals surface area contributed by atoms with Crippen LogP contribution < -0.4 is 0 Å². The fourth-order valence-corrected chi connectivity index (χ4v) is 1.27. The Kier molecular flexibility index (Phi) is 4.87. The second-order valence-corrected chi connectivity index (χ2v) is 2.91. The number of aldehydes is 1. The van der Waals surface area contributed by atoms with E-state index in [1.165, 1.54) is 0 Å². The van der Waals surface area contributed by atoms with Gasteiger partial charge in [0.1, 0.15) is 0 Å². The van der Waals surface area contributed by atoms with E-state index in [0.717, 1.165) is 17.4 Å². The summed E-state index contributed by atoms with van der Waals surface area (Å²) < 4.78 is 0. The van der Waals surface area contributed by atoms with Crippen molar-refractivity contribution < 1.29 is 37.5 Å². The van der Waals surface area contributed by atoms with Crippen molar-refractivity contribution >= 4 is 6.29 Å². The molecule has 0 amide bonds. The van der Waals surface area contributed by atoms with Crippen LogP contribution in [0.1, 0.15) is 10.4 Å². The first-order chi connectivity index (χ1) is 6.90. The minimum atomic E-state index is 0. The Balaban J connectivity index is 0.00000112. The molecule has 2 aromatic carbocycles. The minimum Gasteiger partial charge on any atom is -0.344 e. The van der Waals surface area contributed by atoms with Crippen LogP contribution in [0.3, 0.4) is 0 Å². The van der Waals surface area contributed by atoms with Crippen LogP contribution in [-0.4, -0.2) is 6.29 Å². The molecule has 0 N–H and O–H groups in total. The summed E-state index contributed by atoms with van der Waals surface area (Å²) in [5.74, 6) is 0. The minimum absolute atomic E-state index is 0. The van der Waals surface area contributed by atoms with Crippen molar-refractivity contribution in [2.75, 3.05) is 0 Å². The predicted octanol–water partition coefficient (Wildman–Crippen LogP) is 2.76. The molecule has 0 saturated heterocycles. The third kappa shape index (κ3) is 3.08. The predicted molar refractivity (Wildman–Crippen MR) is 54.9 cm³/mol. The van der Waals surface area contributed by atoms with Crippen molar-refractivity contribution in [2.45, 2.75) is 0 Å². The molecule has 0 fully saturated rings. The maximum Gasteiger partial charge on any atom is 0.0819 e. The molecule has 0 aliphatic carbocycles. The molecule has 0 aliphatic rings. The van der Waals surface area contributed by atoms with E-state index in [1.54, 1.807) is 6.07 Å². The van der Waals surface area contributed by atoms with Crippen molar-refractivity contribution in [1.82, 2.24) is 0 Å². The van der Waals surface area contributed by atoms with Crippen LogP contribution in [0, 0.1) is 12.1 Å². The molecule has 0 heterocycles. The molecule has 0 aromatic heterocycles. The number of hydrogen-bond acceptors (Lipinski definition) is 1. The summed E-state index contributed by atoms with van der Waals surface area (Å²) >= 11 is 0. The van der Waals surface area contributed by atoms with Crippen molar-refractivity contribution in [3.05, 3.63) is 60.2 Å². The van der Waals surface area contributed by atoms with Crippen molar-refractivity contribution in [1.29, 1.82) is 0 Å². The summed E-state index contributed by atoms with van der Waals surface area (Å²) in [7, 11) is 0. The zero-order valence-electron chi connectivity index (χ0n) is 8.10. The monoisotopic (exact) mass is 269 g/mol. The molecule has 2 aromatic rings. The molecule has 71 valence electrons. The van der Waals surface area contributed by atoms with Gasteiger partial charge < -0.3 is 4.79 Å². The maximum atomic E-state index is 10.5. The van der Waals surface area contributed by atoms with Crippen LogP contribution in [0.15, 0.2) is 42.5 Å². The van der Waals surface area contributed by atoms with Gasteiger partial charge >= 0.3 is 0 Å². The molecule has 15 heavy (non-hydrogen) atoms. The van der Waals surface area contributed by atoms with Gasteiger partial charge in [0.15, 0.2) is 0 Å². The van der Waals surface area contributed by atoms with Crippen molar-refractivity contribution in [3.63, 3.8) is 0 Å². The molecular weight excluding hydrogens is 261 g/mol. The van der Waals surface area contributed by atoms with E-state index in [0.29, 0.717) is 5.56 Å². The molecule has 0 aliphatic heterocycles. The van der Waals surface area contributed by atoms with Gasteiger partial charge in [0, 0.05) is 32.7 Å². The number of carbonyl (C=O) groups is 1. The Hall–Kier alpha value is -0.786. The summed E-state index contributed by atoms with van der Waals surface area (Å²) in [4.78, 5) is 10.5. The summed E-state index contributed by atoms with van der Waals surface area (Å²) in [6.07, 6.45) is 0.798. The largest absolute Gasteiger partial charge is 0.344 e. The van der Waals surface area contributed by atoms with Gasteiger partial charge in [0.25, 0.3) is 0 Å². The van der Waals surface area contributed by atoms with Crippen LogP contribution in [-0.2, 0) is 32.7 Å². The summed E-state index contributed by atoms with van der Waals surface area (Å²) in [5.41, 5.74) is 2.42. The van der Waals surface area contributed by atoms with Gasteiger partial charge in [-0.1, -0.05) is 5.56 Å². The SMILES string of the molecule is O=Cc1[c-]c(-c2[c-]cccc2)ccc1.[Y]. The summed E-state index contributed by atoms with van der Waals surface area (Å²) in [6, 6.07) is 19.2. The Morgan fingerprint density at radius 2 is 1.80 bits per heavy atom. The van der Waals surface area contributed by atoms with E-state index in [2.05, 4.69) is 12.1 Å². The molecule has 0 spiro atoms. The fourth-order valence-electron chi connectivity index (χ4n) is 1.27. The zero-order chi connectivity index (χ0) is 9.80. The number of rotatable bonds is 2.